The lowest BCUT2D eigenvalue weighted by Crippen LogP contribution is -2.23. The highest BCUT2D eigenvalue weighted by atomic mass is 32.1. The van der Waals surface area contributed by atoms with E-state index in [9.17, 15) is 0 Å². The molecule has 0 spiro atoms. The first-order valence-corrected chi connectivity index (χ1v) is 8.71. The first kappa shape index (κ1) is 14.7. The third-order valence-electron chi connectivity index (χ3n) is 4.29. The van der Waals surface area contributed by atoms with E-state index in [-0.39, 0.29) is 6.04 Å². The molecule has 2 nitrogen and oxygen atoms in total. The maximum Gasteiger partial charge on any atom is 0.115 e. The van der Waals surface area contributed by atoms with Gasteiger partial charge < -0.3 is 5.32 Å². The van der Waals surface area contributed by atoms with Crippen molar-refractivity contribution in [1.82, 2.24) is 10.3 Å². The Balaban J connectivity index is 2.05. The highest BCUT2D eigenvalue weighted by Crippen LogP contribution is 2.35. The summed E-state index contributed by atoms with van der Waals surface area (Å²) in [5, 5.41) is 4.90. The number of hydrogen-bond acceptors (Lipinski definition) is 3. The first-order valence-electron chi connectivity index (χ1n) is 7.89. The molecule has 112 valence electrons. The summed E-state index contributed by atoms with van der Waals surface area (Å²) in [4.78, 5) is 6.46. The largest absolute Gasteiger partial charge is 0.305 e. The predicted octanol–water partition coefficient (Wildman–Crippen LogP) is 4.26. The van der Waals surface area contributed by atoms with Gasteiger partial charge in [0.25, 0.3) is 0 Å². The molecular formula is C18H24N2S. The lowest BCUT2D eigenvalue weighted by atomic mass is 9.94. The van der Waals surface area contributed by atoms with E-state index in [0.29, 0.717) is 0 Å². The summed E-state index contributed by atoms with van der Waals surface area (Å²) < 4.78 is 0. The van der Waals surface area contributed by atoms with E-state index < -0.39 is 0 Å². The van der Waals surface area contributed by atoms with Gasteiger partial charge in [-0.3, -0.25) is 0 Å². The molecule has 1 N–H and O–H groups in total. The number of fused-ring (bicyclic) bond motifs is 1. The number of hydrogen-bond donors (Lipinski definition) is 1. The number of aryl methyl sites for hydroxylation is 5. The summed E-state index contributed by atoms with van der Waals surface area (Å²) in [7, 11) is 0. The van der Waals surface area contributed by atoms with Crippen LogP contribution in [0.4, 0.5) is 0 Å². The zero-order valence-electron chi connectivity index (χ0n) is 13.4. The van der Waals surface area contributed by atoms with Crippen LogP contribution in [0.1, 0.15) is 57.2 Å². The molecule has 3 rings (SSSR count). The first-order chi connectivity index (χ1) is 10.1. The Hall–Kier alpha value is -1.19. The van der Waals surface area contributed by atoms with Crippen molar-refractivity contribution < 1.29 is 0 Å². The van der Waals surface area contributed by atoms with E-state index in [1.807, 2.05) is 11.3 Å². The van der Waals surface area contributed by atoms with Gasteiger partial charge in [-0.2, -0.15) is 0 Å². The quantitative estimate of drug-likeness (QED) is 0.913. The summed E-state index contributed by atoms with van der Waals surface area (Å²) in [5.74, 6) is 0. The molecule has 0 saturated heterocycles. The standard InChI is InChI=1S/C18H24N2S/c1-5-19-17(16-12(3)9-11(2)10-13(16)4)18-20-14-7-6-8-15(14)21-18/h9-10,17,19H,5-8H2,1-4H3. The van der Waals surface area contributed by atoms with Crippen LogP contribution in [0.15, 0.2) is 12.1 Å². The van der Waals surface area contributed by atoms with Crippen molar-refractivity contribution in [2.24, 2.45) is 0 Å². The average Bonchev–Trinajstić information content (AvgIpc) is 2.96. The fourth-order valence-electron chi connectivity index (χ4n) is 3.50. The van der Waals surface area contributed by atoms with Gasteiger partial charge in [-0.05, 0) is 63.3 Å². The second-order valence-corrected chi connectivity index (χ2v) is 7.19. The number of benzene rings is 1. The number of aromatic nitrogens is 1. The Kier molecular flexibility index (Phi) is 4.14. The molecule has 0 fully saturated rings. The second kappa shape index (κ2) is 5.90. The molecule has 1 aliphatic carbocycles. The Morgan fingerprint density at radius 1 is 1.19 bits per heavy atom. The summed E-state index contributed by atoms with van der Waals surface area (Å²) >= 11 is 1.91. The number of nitrogens with one attached hydrogen (secondary N) is 1. The van der Waals surface area contributed by atoms with Crippen LogP contribution in [0.5, 0.6) is 0 Å². The number of rotatable bonds is 4. The minimum Gasteiger partial charge on any atom is -0.305 e. The van der Waals surface area contributed by atoms with Gasteiger partial charge in [0.15, 0.2) is 0 Å². The molecule has 0 radical (unpaired) electrons. The van der Waals surface area contributed by atoms with E-state index in [1.165, 1.54) is 50.7 Å². The molecule has 0 aliphatic heterocycles. The molecule has 1 aromatic carbocycles. The van der Waals surface area contributed by atoms with Crippen LogP contribution < -0.4 is 5.32 Å². The van der Waals surface area contributed by atoms with Crippen LogP contribution in [0.2, 0.25) is 0 Å². The van der Waals surface area contributed by atoms with Crippen molar-refractivity contribution in [3.8, 4) is 0 Å². The van der Waals surface area contributed by atoms with Crippen LogP contribution in [-0.4, -0.2) is 11.5 Å². The zero-order valence-corrected chi connectivity index (χ0v) is 14.2. The van der Waals surface area contributed by atoms with Crippen LogP contribution in [-0.2, 0) is 12.8 Å². The number of thiazole rings is 1. The van der Waals surface area contributed by atoms with Gasteiger partial charge in [0.2, 0.25) is 0 Å². The topological polar surface area (TPSA) is 24.9 Å². The van der Waals surface area contributed by atoms with E-state index in [0.717, 1.165) is 13.0 Å². The van der Waals surface area contributed by atoms with Gasteiger partial charge in [-0.15, -0.1) is 11.3 Å². The smallest absolute Gasteiger partial charge is 0.115 e. The highest BCUT2D eigenvalue weighted by Gasteiger charge is 2.24. The van der Waals surface area contributed by atoms with Crippen molar-refractivity contribution in [3.63, 3.8) is 0 Å². The van der Waals surface area contributed by atoms with Crippen molar-refractivity contribution in [2.75, 3.05) is 6.54 Å². The van der Waals surface area contributed by atoms with Crippen molar-refractivity contribution in [2.45, 2.75) is 53.0 Å². The van der Waals surface area contributed by atoms with Crippen LogP contribution in [0.25, 0.3) is 0 Å². The Morgan fingerprint density at radius 2 is 1.90 bits per heavy atom. The third kappa shape index (κ3) is 2.77. The zero-order chi connectivity index (χ0) is 15.0. The van der Waals surface area contributed by atoms with Gasteiger partial charge in [0.1, 0.15) is 5.01 Å². The second-order valence-electron chi connectivity index (χ2n) is 6.08. The molecule has 1 aliphatic rings. The monoisotopic (exact) mass is 300 g/mol. The molecule has 1 unspecified atom stereocenters. The maximum absolute atomic E-state index is 4.95. The van der Waals surface area contributed by atoms with Crippen LogP contribution in [0, 0.1) is 20.8 Å². The highest BCUT2D eigenvalue weighted by molar-refractivity contribution is 7.11. The summed E-state index contributed by atoms with van der Waals surface area (Å²) in [6.45, 7) is 9.75. The summed E-state index contributed by atoms with van der Waals surface area (Å²) in [6.07, 6.45) is 3.66. The summed E-state index contributed by atoms with van der Waals surface area (Å²) in [5.41, 5.74) is 6.84. The third-order valence-corrected chi connectivity index (χ3v) is 5.52. The van der Waals surface area contributed by atoms with Gasteiger partial charge in [-0.25, -0.2) is 4.98 Å². The molecule has 2 aromatic rings. The minimum atomic E-state index is 0.242. The SMILES string of the molecule is CCNC(c1nc2c(s1)CCC2)c1c(C)cc(C)cc1C. The normalized spacial score (nSPS) is 15.2. The van der Waals surface area contributed by atoms with E-state index in [1.54, 1.807) is 0 Å². The van der Waals surface area contributed by atoms with Crippen LogP contribution in [0.3, 0.4) is 0 Å². The minimum absolute atomic E-state index is 0.242. The van der Waals surface area contributed by atoms with Gasteiger partial charge >= 0.3 is 0 Å². The van der Waals surface area contributed by atoms with Crippen molar-refractivity contribution >= 4 is 11.3 Å². The molecular weight excluding hydrogens is 276 g/mol. The van der Waals surface area contributed by atoms with E-state index in [4.69, 9.17) is 4.98 Å². The van der Waals surface area contributed by atoms with E-state index >= 15 is 0 Å². The maximum atomic E-state index is 4.95. The average molecular weight is 300 g/mol. The molecule has 21 heavy (non-hydrogen) atoms. The fourth-order valence-corrected chi connectivity index (χ4v) is 4.74. The van der Waals surface area contributed by atoms with Crippen LogP contribution >= 0.6 is 11.3 Å². The molecule has 0 amide bonds. The fraction of sp³-hybridized carbons (Fsp3) is 0.500. The van der Waals surface area contributed by atoms with Gasteiger partial charge in [0.05, 0.1) is 11.7 Å². The van der Waals surface area contributed by atoms with Crippen molar-refractivity contribution in [1.29, 1.82) is 0 Å². The Labute approximate surface area is 131 Å². The van der Waals surface area contributed by atoms with Gasteiger partial charge in [-0.1, -0.05) is 24.6 Å². The molecule has 1 aromatic heterocycles. The predicted molar refractivity (Wildman–Crippen MR) is 90.3 cm³/mol. The summed E-state index contributed by atoms with van der Waals surface area (Å²) in [6, 6.07) is 4.81. The number of nitrogens with zero attached hydrogens (tertiary/aromatic N) is 1. The Morgan fingerprint density at radius 3 is 2.52 bits per heavy atom. The molecule has 0 bridgehead atoms. The molecule has 0 saturated carbocycles. The lowest BCUT2D eigenvalue weighted by molar-refractivity contribution is 0.619. The molecule has 3 heteroatoms. The molecule has 1 atom stereocenters. The van der Waals surface area contributed by atoms with Crippen molar-refractivity contribution in [3.05, 3.63) is 50.0 Å². The Bertz CT molecular complexity index is 613. The molecule has 1 heterocycles. The van der Waals surface area contributed by atoms with E-state index in [2.05, 4.69) is 45.1 Å². The lowest BCUT2D eigenvalue weighted by Gasteiger charge is -2.21. The van der Waals surface area contributed by atoms with Gasteiger partial charge in [0, 0.05) is 4.88 Å².